The summed E-state index contributed by atoms with van der Waals surface area (Å²) in [6.07, 6.45) is 0. The summed E-state index contributed by atoms with van der Waals surface area (Å²) < 4.78 is 5.86. The van der Waals surface area contributed by atoms with Crippen LogP contribution in [0, 0.1) is 13.8 Å². The monoisotopic (exact) mass is 406 g/mol. The summed E-state index contributed by atoms with van der Waals surface area (Å²) in [7, 11) is 0. The summed E-state index contributed by atoms with van der Waals surface area (Å²) >= 11 is 0. The largest absolute Gasteiger partial charge is 0.489 e. The molecular formula is C29H42O. The van der Waals surface area contributed by atoms with Crippen molar-refractivity contribution >= 4 is 0 Å². The van der Waals surface area contributed by atoms with Crippen LogP contribution in [0.15, 0.2) is 72.8 Å². The first-order valence-corrected chi connectivity index (χ1v) is 10.2. The van der Waals surface area contributed by atoms with E-state index in [2.05, 4.69) is 96.1 Å². The zero-order chi connectivity index (χ0) is 20.5. The van der Waals surface area contributed by atoms with Crippen molar-refractivity contribution in [1.82, 2.24) is 0 Å². The van der Waals surface area contributed by atoms with Gasteiger partial charge < -0.3 is 4.74 Å². The quantitative estimate of drug-likeness (QED) is 0.410. The van der Waals surface area contributed by atoms with Crippen molar-refractivity contribution in [3.05, 3.63) is 101 Å². The van der Waals surface area contributed by atoms with Gasteiger partial charge in [0, 0.05) is 0 Å². The number of hydrogen-bond acceptors (Lipinski definition) is 1. The number of rotatable bonds is 5. The third-order valence-corrected chi connectivity index (χ3v) is 4.91. The molecule has 3 aromatic rings. The average Bonchev–Trinajstić information content (AvgIpc) is 2.68. The maximum atomic E-state index is 5.86. The topological polar surface area (TPSA) is 9.23 Å². The van der Waals surface area contributed by atoms with Crippen molar-refractivity contribution in [3.8, 4) is 5.75 Å². The van der Waals surface area contributed by atoms with Gasteiger partial charge in [-0.25, -0.2) is 0 Å². The van der Waals surface area contributed by atoms with Crippen LogP contribution in [0.3, 0.4) is 0 Å². The van der Waals surface area contributed by atoms with Crippen molar-refractivity contribution < 1.29 is 4.74 Å². The third kappa shape index (κ3) is 8.45. The van der Waals surface area contributed by atoms with Gasteiger partial charge in [-0.1, -0.05) is 109 Å². The summed E-state index contributed by atoms with van der Waals surface area (Å²) in [5.74, 6) is 2.19. The van der Waals surface area contributed by atoms with Crippen molar-refractivity contribution in [2.75, 3.05) is 0 Å². The van der Waals surface area contributed by atoms with E-state index in [9.17, 15) is 0 Å². The molecule has 0 aliphatic rings. The third-order valence-electron chi connectivity index (χ3n) is 4.91. The highest BCUT2D eigenvalue weighted by atomic mass is 16.5. The van der Waals surface area contributed by atoms with E-state index in [0.717, 1.165) is 5.75 Å². The second-order valence-corrected chi connectivity index (χ2v) is 7.97. The standard InChI is InChI=1S/C17H20O.C10H14.2CH4/c1-13(2)16-9-10-17(14(3)11-16)18-12-15-7-5-4-6-8-15;1-8(2)10-7-5-4-6-9(10)3;;/h4-11,13H,12H2,1-3H3;4-8H,1-3H3;2*1H4. The maximum absolute atomic E-state index is 5.86. The van der Waals surface area contributed by atoms with Gasteiger partial charge in [0.15, 0.2) is 0 Å². The molecule has 0 fully saturated rings. The lowest BCUT2D eigenvalue weighted by Crippen LogP contribution is -1.98. The molecule has 3 aromatic carbocycles. The minimum atomic E-state index is 0. The van der Waals surface area contributed by atoms with Crippen LogP contribution in [0.1, 0.15) is 82.2 Å². The molecule has 1 nitrogen and oxygen atoms in total. The predicted octanol–water partition coefficient (Wildman–Crippen LogP) is 9.09. The molecule has 0 N–H and O–H groups in total. The first kappa shape index (κ1) is 27.5. The summed E-state index contributed by atoms with van der Waals surface area (Å²) in [6, 6.07) is 25.2. The lowest BCUT2D eigenvalue weighted by molar-refractivity contribution is 0.304. The van der Waals surface area contributed by atoms with Crippen LogP contribution in [-0.2, 0) is 6.61 Å². The SMILES string of the molecule is C.C.Cc1cc(C(C)C)ccc1OCc1ccccc1.Cc1ccccc1C(C)C. The zero-order valence-electron chi connectivity index (χ0n) is 18.2. The van der Waals surface area contributed by atoms with Crippen LogP contribution < -0.4 is 4.74 Å². The molecule has 164 valence electrons. The van der Waals surface area contributed by atoms with Gasteiger partial charge in [0.2, 0.25) is 0 Å². The Hall–Kier alpha value is -2.54. The van der Waals surface area contributed by atoms with Gasteiger partial charge in [0.05, 0.1) is 0 Å². The van der Waals surface area contributed by atoms with Crippen molar-refractivity contribution in [1.29, 1.82) is 0 Å². The minimum absolute atomic E-state index is 0. The lowest BCUT2D eigenvalue weighted by Gasteiger charge is -2.12. The molecule has 0 bridgehead atoms. The van der Waals surface area contributed by atoms with Gasteiger partial charge in [-0.2, -0.15) is 0 Å². The zero-order valence-corrected chi connectivity index (χ0v) is 18.2. The summed E-state index contributed by atoms with van der Waals surface area (Å²) in [4.78, 5) is 0. The van der Waals surface area contributed by atoms with E-state index in [-0.39, 0.29) is 14.9 Å². The Morgan fingerprint density at radius 1 is 0.667 bits per heavy atom. The molecule has 0 unspecified atom stereocenters. The highest BCUT2D eigenvalue weighted by Crippen LogP contribution is 2.24. The van der Waals surface area contributed by atoms with Gasteiger partial charge in [-0.15, -0.1) is 0 Å². The first-order valence-electron chi connectivity index (χ1n) is 10.2. The molecule has 30 heavy (non-hydrogen) atoms. The fraction of sp³-hybridized carbons (Fsp3) is 0.379. The normalized spacial score (nSPS) is 9.87. The van der Waals surface area contributed by atoms with Gasteiger partial charge in [0.1, 0.15) is 12.4 Å². The van der Waals surface area contributed by atoms with Crippen LogP contribution >= 0.6 is 0 Å². The molecule has 3 rings (SSSR count). The van der Waals surface area contributed by atoms with Crippen molar-refractivity contribution in [3.63, 3.8) is 0 Å². The Balaban J connectivity index is 0.000000604. The van der Waals surface area contributed by atoms with E-state index in [1.54, 1.807) is 0 Å². The lowest BCUT2D eigenvalue weighted by atomic mass is 9.99. The second kappa shape index (κ2) is 13.6. The van der Waals surface area contributed by atoms with Gasteiger partial charge in [-0.3, -0.25) is 0 Å². The fourth-order valence-electron chi connectivity index (χ4n) is 3.16. The highest BCUT2D eigenvalue weighted by molar-refractivity contribution is 5.37. The Kier molecular flexibility index (Phi) is 12.5. The second-order valence-electron chi connectivity index (χ2n) is 7.97. The average molecular weight is 407 g/mol. The molecule has 0 amide bonds. The molecule has 0 spiro atoms. The Bertz CT molecular complexity index is 847. The van der Waals surface area contributed by atoms with E-state index >= 15 is 0 Å². The number of hydrogen-bond donors (Lipinski definition) is 0. The van der Waals surface area contributed by atoms with Crippen molar-refractivity contribution in [2.24, 2.45) is 0 Å². The van der Waals surface area contributed by atoms with Crippen LogP contribution in [0.5, 0.6) is 5.75 Å². The minimum Gasteiger partial charge on any atom is -0.489 e. The first-order chi connectivity index (χ1) is 13.4. The van der Waals surface area contributed by atoms with E-state index in [0.29, 0.717) is 18.4 Å². The molecule has 0 atom stereocenters. The molecule has 0 radical (unpaired) electrons. The molecule has 1 heteroatoms. The molecule has 0 heterocycles. The van der Waals surface area contributed by atoms with E-state index in [1.807, 2.05) is 18.2 Å². The fourth-order valence-corrected chi connectivity index (χ4v) is 3.16. The Morgan fingerprint density at radius 2 is 1.27 bits per heavy atom. The summed E-state index contributed by atoms with van der Waals surface area (Å²) in [5.41, 5.74) is 6.63. The predicted molar refractivity (Wildman–Crippen MR) is 135 cm³/mol. The van der Waals surface area contributed by atoms with Crippen LogP contribution in [-0.4, -0.2) is 0 Å². The van der Waals surface area contributed by atoms with Gasteiger partial charge in [-0.05, 0) is 59.6 Å². The Morgan fingerprint density at radius 3 is 1.77 bits per heavy atom. The number of benzene rings is 3. The van der Waals surface area contributed by atoms with Gasteiger partial charge in [0.25, 0.3) is 0 Å². The Labute approximate surface area is 186 Å². The van der Waals surface area contributed by atoms with Crippen molar-refractivity contribution in [2.45, 2.75) is 74.8 Å². The van der Waals surface area contributed by atoms with E-state index in [1.165, 1.54) is 27.8 Å². The van der Waals surface area contributed by atoms with Gasteiger partial charge >= 0.3 is 0 Å². The van der Waals surface area contributed by atoms with Crippen LogP contribution in [0.2, 0.25) is 0 Å². The molecule has 0 aliphatic carbocycles. The summed E-state index contributed by atoms with van der Waals surface area (Å²) in [5, 5.41) is 0. The molecule has 0 aliphatic heterocycles. The summed E-state index contributed by atoms with van der Waals surface area (Å²) in [6.45, 7) is 13.8. The smallest absolute Gasteiger partial charge is 0.122 e. The highest BCUT2D eigenvalue weighted by Gasteiger charge is 2.04. The van der Waals surface area contributed by atoms with Crippen LogP contribution in [0.4, 0.5) is 0 Å². The maximum Gasteiger partial charge on any atom is 0.122 e. The molecule has 0 saturated carbocycles. The van der Waals surface area contributed by atoms with E-state index < -0.39 is 0 Å². The van der Waals surface area contributed by atoms with Crippen LogP contribution in [0.25, 0.3) is 0 Å². The number of ether oxygens (including phenoxy) is 1. The molecule has 0 saturated heterocycles. The molecular weight excluding hydrogens is 364 g/mol. The number of aryl methyl sites for hydroxylation is 2. The molecule has 0 aromatic heterocycles. The van der Waals surface area contributed by atoms with E-state index in [4.69, 9.17) is 4.74 Å².